The molecule has 3 rings (SSSR count). The predicted molar refractivity (Wildman–Crippen MR) is 106 cm³/mol. The zero-order valence-electron chi connectivity index (χ0n) is 15.7. The van der Waals surface area contributed by atoms with Gasteiger partial charge in [-0.25, -0.2) is 0 Å². The van der Waals surface area contributed by atoms with Crippen LogP contribution < -0.4 is 20.1 Å². The van der Waals surface area contributed by atoms with Gasteiger partial charge in [0.15, 0.2) is 17.3 Å². The SMILES string of the molecule is COc1ccc(CCNc2nncc(Nc3ccc(C)cc3)n2)cc1OC. The highest BCUT2D eigenvalue weighted by Crippen LogP contribution is 2.27. The van der Waals surface area contributed by atoms with Gasteiger partial charge in [0.25, 0.3) is 0 Å². The van der Waals surface area contributed by atoms with Gasteiger partial charge in [-0.05, 0) is 43.2 Å². The summed E-state index contributed by atoms with van der Waals surface area (Å²) in [5, 5.41) is 14.5. The second-order valence-corrected chi connectivity index (χ2v) is 6.02. The molecule has 7 heteroatoms. The number of hydrogen-bond donors (Lipinski definition) is 2. The lowest BCUT2D eigenvalue weighted by Gasteiger charge is -2.10. The van der Waals surface area contributed by atoms with E-state index in [2.05, 4.69) is 32.7 Å². The van der Waals surface area contributed by atoms with Gasteiger partial charge in [0, 0.05) is 12.2 Å². The molecule has 2 N–H and O–H groups in total. The Balaban J connectivity index is 1.57. The van der Waals surface area contributed by atoms with Crippen LogP contribution in [0.15, 0.2) is 48.7 Å². The molecule has 0 unspecified atom stereocenters. The van der Waals surface area contributed by atoms with E-state index in [1.54, 1.807) is 20.4 Å². The number of benzene rings is 2. The van der Waals surface area contributed by atoms with Gasteiger partial charge in [-0.2, -0.15) is 10.1 Å². The molecule has 27 heavy (non-hydrogen) atoms. The van der Waals surface area contributed by atoms with E-state index in [0.29, 0.717) is 18.3 Å². The van der Waals surface area contributed by atoms with E-state index < -0.39 is 0 Å². The Morgan fingerprint density at radius 3 is 2.48 bits per heavy atom. The minimum Gasteiger partial charge on any atom is -0.493 e. The standard InChI is InChI=1S/C20H23N5O2/c1-14-4-7-16(8-5-14)23-19-13-22-25-20(24-19)21-11-10-15-6-9-17(26-2)18(12-15)27-3/h4-9,12-13H,10-11H2,1-3H3,(H2,21,23,24,25). The Bertz CT molecular complexity index is 884. The third-order valence-electron chi connectivity index (χ3n) is 4.03. The maximum absolute atomic E-state index is 5.33. The molecule has 0 saturated carbocycles. The van der Waals surface area contributed by atoms with Crippen molar-refractivity contribution in [3.63, 3.8) is 0 Å². The molecule has 140 valence electrons. The quantitative estimate of drug-likeness (QED) is 0.631. The first-order valence-corrected chi connectivity index (χ1v) is 8.66. The molecule has 0 fully saturated rings. The molecule has 0 aliphatic heterocycles. The van der Waals surface area contributed by atoms with Gasteiger partial charge in [-0.1, -0.05) is 23.8 Å². The largest absolute Gasteiger partial charge is 0.493 e. The molecule has 0 aliphatic rings. The maximum atomic E-state index is 5.33. The third-order valence-corrected chi connectivity index (χ3v) is 4.03. The molecule has 3 aromatic rings. The summed E-state index contributed by atoms with van der Waals surface area (Å²) >= 11 is 0. The van der Waals surface area contributed by atoms with E-state index >= 15 is 0 Å². The number of anilines is 3. The summed E-state index contributed by atoms with van der Waals surface area (Å²) in [5.74, 6) is 2.56. The Labute approximate surface area is 158 Å². The van der Waals surface area contributed by atoms with Crippen molar-refractivity contribution in [3.05, 3.63) is 59.8 Å². The van der Waals surface area contributed by atoms with E-state index in [1.807, 2.05) is 42.5 Å². The van der Waals surface area contributed by atoms with Gasteiger partial charge in [0.05, 0.1) is 20.4 Å². The molecule has 2 aromatic carbocycles. The Morgan fingerprint density at radius 2 is 1.74 bits per heavy atom. The van der Waals surface area contributed by atoms with Crippen LogP contribution in [0.2, 0.25) is 0 Å². The van der Waals surface area contributed by atoms with Gasteiger partial charge in [0.2, 0.25) is 5.95 Å². The monoisotopic (exact) mass is 365 g/mol. The summed E-state index contributed by atoms with van der Waals surface area (Å²) in [5.41, 5.74) is 3.29. The van der Waals surface area contributed by atoms with Crippen LogP contribution in [-0.4, -0.2) is 35.9 Å². The average molecular weight is 365 g/mol. The van der Waals surface area contributed by atoms with Crippen molar-refractivity contribution >= 4 is 17.5 Å². The number of ether oxygens (including phenoxy) is 2. The van der Waals surface area contributed by atoms with Gasteiger partial charge >= 0.3 is 0 Å². The van der Waals surface area contributed by atoms with E-state index in [-0.39, 0.29) is 0 Å². The predicted octanol–water partition coefficient (Wildman–Crippen LogP) is 3.60. The first kappa shape index (κ1) is 18.4. The molecule has 0 radical (unpaired) electrons. The molecule has 0 amide bonds. The second-order valence-electron chi connectivity index (χ2n) is 6.02. The molecule has 0 atom stereocenters. The number of aromatic nitrogens is 3. The zero-order valence-corrected chi connectivity index (χ0v) is 15.7. The number of aryl methyl sites for hydroxylation is 1. The Hall–Kier alpha value is -3.35. The third kappa shape index (κ3) is 5.07. The highest BCUT2D eigenvalue weighted by Gasteiger charge is 2.05. The zero-order chi connectivity index (χ0) is 19.1. The lowest BCUT2D eigenvalue weighted by atomic mass is 10.1. The van der Waals surface area contributed by atoms with Crippen molar-refractivity contribution in [2.24, 2.45) is 0 Å². The van der Waals surface area contributed by atoms with Gasteiger partial charge < -0.3 is 20.1 Å². The fourth-order valence-corrected chi connectivity index (χ4v) is 2.58. The van der Waals surface area contributed by atoms with Crippen LogP contribution in [0.3, 0.4) is 0 Å². The number of nitrogens with zero attached hydrogens (tertiary/aromatic N) is 3. The van der Waals surface area contributed by atoms with Crippen molar-refractivity contribution in [2.45, 2.75) is 13.3 Å². The van der Waals surface area contributed by atoms with Crippen LogP contribution in [-0.2, 0) is 6.42 Å². The van der Waals surface area contributed by atoms with Crippen LogP contribution >= 0.6 is 0 Å². The van der Waals surface area contributed by atoms with Crippen LogP contribution in [0.25, 0.3) is 0 Å². The first-order valence-electron chi connectivity index (χ1n) is 8.66. The summed E-state index contributed by atoms with van der Waals surface area (Å²) in [6, 6.07) is 14.0. The summed E-state index contributed by atoms with van der Waals surface area (Å²) in [4.78, 5) is 4.44. The minimum atomic E-state index is 0.479. The van der Waals surface area contributed by atoms with E-state index in [1.165, 1.54) is 5.56 Å². The van der Waals surface area contributed by atoms with Crippen molar-refractivity contribution in [3.8, 4) is 11.5 Å². The van der Waals surface area contributed by atoms with Gasteiger partial charge in [-0.15, -0.1) is 5.10 Å². The number of methoxy groups -OCH3 is 2. The average Bonchev–Trinajstić information content (AvgIpc) is 2.70. The molecule has 0 saturated heterocycles. The highest BCUT2D eigenvalue weighted by atomic mass is 16.5. The molecule has 0 spiro atoms. The second kappa shape index (κ2) is 8.84. The van der Waals surface area contributed by atoms with Crippen molar-refractivity contribution in [1.82, 2.24) is 15.2 Å². The highest BCUT2D eigenvalue weighted by molar-refractivity contribution is 5.56. The molecular weight excluding hydrogens is 342 g/mol. The lowest BCUT2D eigenvalue weighted by molar-refractivity contribution is 0.354. The van der Waals surface area contributed by atoms with Crippen molar-refractivity contribution < 1.29 is 9.47 Å². The number of hydrogen-bond acceptors (Lipinski definition) is 7. The van der Waals surface area contributed by atoms with Gasteiger partial charge in [-0.3, -0.25) is 0 Å². The number of nitrogens with one attached hydrogen (secondary N) is 2. The maximum Gasteiger partial charge on any atom is 0.244 e. The fraction of sp³-hybridized carbons (Fsp3) is 0.250. The Kier molecular flexibility index (Phi) is 6.04. The lowest BCUT2D eigenvalue weighted by Crippen LogP contribution is -2.10. The molecule has 1 aromatic heterocycles. The molecule has 1 heterocycles. The van der Waals surface area contributed by atoms with E-state index in [0.717, 1.165) is 29.2 Å². The van der Waals surface area contributed by atoms with Crippen LogP contribution in [0.1, 0.15) is 11.1 Å². The number of rotatable bonds is 8. The summed E-state index contributed by atoms with van der Waals surface area (Å²) in [6.07, 6.45) is 2.39. The van der Waals surface area contributed by atoms with E-state index in [9.17, 15) is 0 Å². The van der Waals surface area contributed by atoms with Gasteiger partial charge in [0.1, 0.15) is 0 Å². The molecule has 0 aliphatic carbocycles. The first-order chi connectivity index (χ1) is 13.2. The van der Waals surface area contributed by atoms with Crippen LogP contribution in [0.5, 0.6) is 11.5 Å². The summed E-state index contributed by atoms with van der Waals surface area (Å²) in [7, 11) is 3.26. The topological polar surface area (TPSA) is 81.2 Å². The van der Waals surface area contributed by atoms with E-state index in [4.69, 9.17) is 9.47 Å². The van der Waals surface area contributed by atoms with Crippen LogP contribution in [0, 0.1) is 6.92 Å². The fourth-order valence-electron chi connectivity index (χ4n) is 2.58. The minimum absolute atomic E-state index is 0.479. The Morgan fingerprint density at radius 1 is 0.963 bits per heavy atom. The van der Waals surface area contributed by atoms with Crippen molar-refractivity contribution in [2.75, 3.05) is 31.4 Å². The summed E-state index contributed by atoms with van der Waals surface area (Å²) < 4.78 is 10.6. The molecule has 0 bridgehead atoms. The molecule has 7 nitrogen and oxygen atoms in total. The van der Waals surface area contributed by atoms with Crippen LogP contribution in [0.4, 0.5) is 17.5 Å². The summed E-state index contributed by atoms with van der Waals surface area (Å²) in [6.45, 7) is 2.72. The molecular formula is C20H23N5O2. The normalized spacial score (nSPS) is 10.3. The smallest absolute Gasteiger partial charge is 0.244 e. The van der Waals surface area contributed by atoms with Crippen molar-refractivity contribution in [1.29, 1.82) is 0 Å².